The standard InChI is InChI=1S/C19H23N3O3/c1-13-15(11-14-7-4-3-5-8-14)19(24)21-18(20-13)16-9-6-10-22(16)17(23)12-25-2/h3-5,7-8,16H,6,9-12H2,1-2H3,(H,20,21,24)/t16-/m0/s1. The zero-order chi connectivity index (χ0) is 17.8. The van der Waals surface area contributed by atoms with Crippen molar-refractivity contribution in [1.29, 1.82) is 0 Å². The maximum Gasteiger partial charge on any atom is 0.254 e. The lowest BCUT2D eigenvalue weighted by molar-refractivity contribution is -0.136. The largest absolute Gasteiger partial charge is 0.375 e. The number of hydrogen-bond acceptors (Lipinski definition) is 4. The van der Waals surface area contributed by atoms with Crippen molar-refractivity contribution < 1.29 is 9.53 Å². The first-order valence-electron chi connectivity index (χ1n) is 8.52. The van der Waals surface area contributed by atoms with E-state index in [2.05, 4.69) is 9.97 Å². The van der Waals surface area contributed by atoms with Crippen LogP contribution in [0.1, 0.15) is 41.5 Å². The molecule has 6 nitrogen and oxygen atoms in total. The van der Waals surface area contributed by atoms with Gasteiger partial charge >= 0.3 is 0 Å². The number of aromatic nitrogens is 2. The van der Waals surface area contributed by atoms with Crippen LogP contribution in [-0.2, 0) is 16.0 Å². The Kier molecular flexibility index (Phi) is 5.28. The minimum atomic E-state index is -0.181. The molecule has 0 bridgehead atoms. The fourth-order valence-corrected chi connectivity index (χ4v) is 3.35. The number of rotatable bonds is 5. The normalized spacial score (nSPS) is 17.0. The summed E-state index contributed by atoms with van der Waals surface area (Å²) >= 11 is 0. The van der Waals surface area contributed by atoms with Crippen LogP contribution in [0.25, 0.3) is 0 Å². The van der Waals surface area contributed by atoms with Crippen LogP contribution in [-0.4, -0.2) is 41.0 Å². The lowest BCUT2D eigenvalue weighted by Crippen LogP contribution is -2.35. The van der Waals surface area contributed by atoms with Crippen LogP contribution in [0.3, 0.4) is 0 Å². The predicted molar refractivity (Wildman–Crippen MR) is 94.4 cm³/mol. The molecule has 0 aliphatic carbocycles. The van der Waals surface area contributed by atoms with E-state index in [1.54, 1.807) is 4.90 Å². The number of methoxy groups -OCH3 is 1. The molecular weight excluding hydrogens is 318 g/mol. The van der Waals surface area contributed by atoms with Crippen molar-refractivity contribution in [1.82, 2.24) is 14.9 Å². The summed E-state index contributed by atoms with van der Waals surface area (Å²) < 4.78 is 4.95. The molecule has 1 aliphatic rings. The average Bonchev–Trinajstić information content (AvgIpc) is 3.09. The highest BCUT2D eigenvalue weighted by Crippen LogP contribution is 2.29. The highest BCUT2D eigenvalue weighted by atomic mass is 16.5. The van der Waals surface area contributed by atoms with Crippen LogP contribution >= 0.6 is 0 Å². The van der Waals surface area contributed by atoms with E-state index in [1.165, 1.54) is 7.11 Å². The first-order valence-corrected chi connectivity index (χ1v) is 8.52. The monoisotopic (exact) mass is 341 g/mol. The molecule has 1 N–H and O–H groups in total. The van der Waals surface area contributed by atoms with E-state index in [4.69, 9.17) is 4.74 Å². The Balaban J connectivity index is 1.87. The number of hydrogen-bond donors (Lipinski definition) is 1. The van der Waals surface area contributed by atoms with Crippen molar-refractivity contribution in [2.45, 2.75) is 32.2 Å². The number of aryl methyl sites for hydroxylation is 1. The van der Waals surface area contributed by atoms with Gasteiger partial charge in [-0.3, -0.25) is 9.59 Å². The van der Waals surface area contributed by atoms with Crippen LogP contribution in [0, 0.1) is 6.92 Å². The van der Waals surface area contributed by atoms with Gasteiger partial charge in [0.15, 0.2) is 0 Å². The van der Waals surface area contributed by atoms with Crippen LogP contribution < -0.4 is 5.56 Å². The van der Waals surface area contributed by atoms with Gasteiger partial charge in [-0.15, -0.1) is 0 Å². The topological polar surface area (TPSA) is 75.3 Å². The quantitative estimate of drug-likeness (QED) is 0.902. The molecule has 0 unspecified atom stereocenters. The summed E-state index contributed by atoms with van der Waals surface area (Å²) in [5, 5.41) is 0. The van der Waals surface area contributed by atoms with Crippen LogP contribution in [0.15, 0.2) is 35.1 Å². The third kappa shape index (κ3) is 3.79. The molecular formula is C19H23N3O3. The first-order chi connectivity index (χ1) is 12.1. The van der Waals surface area contributed by atoms with Crippen molar-refractivity contribution >= 4 is 5.91 Å². The van der Waals surface area contributed by atoms with Crippen molar-refractivity contribution in [3.05, 3.63) is 63.3 Å². The highest BCUT2D eigenvalue weighted by molar-refractivity contribution is 5.78. The summed E-state index contributed by atoms with van der Waals surface area (Å²) in [6.07, 6.45) is 2.25. The number of amides is 1. The van der Waals surface area contributed by atoms with Gasteiger partial charge in [0.1, 0.15) is 12.4 Å². The van der Waals surface area contributed by atoms with E-state index in [0.29, 0.717) is 30.0 Å². The Hall–Kier alpha value is -2.47. The molecule has 1 saturated heterocycles. The molecule has 2 heterocycles. The molecule has 1 atom stereocenters. The van der Waals surface area contributed by atoms with E-state index < -0.39 is 0 Å². The Morgan fingerprint density at radius 2 is 2.12 bits per heavy atom. The molecule has 1 fully saturated rings. The number of carbonyl (C=O) groups is 1. The summed E-state index contributed by atoms with van der Waals surface area (Å²) in [6, 6.07) is 9.67. The van der Waals surface area contributed by atoms with Gasteiger partial charge in [-0.2, -0.15) is 0 Å². The van der Waals surface area contributed by atoms with Crippen LogP contribution in [0.5, 0.6) is 0 Å². The SMILES string of the molecule is COCC(=O)N1CCC[C@H]1c1nc(C)c(Cc2ccccc2)c(=O)[nH]1. The highest BCUT2D eigenvalue weighted by Gasteiger charge is 2.31. The van der Waals surface area contributed by atoms with Gasteiger partial charge in [-0.25, -0.2) is 4.98 Å². The van der Waals surface area contributed by atoms with E-state index in [0.717, 1.165) is 18.4 Å². The number of carbonyl (C=O) groups excluding carboxylic acids is 1. The Morgan fingerprint density at radius 3 is 2.80 bits per heavy atom. The summed E-state index contributed by atoms with van der Waals surface area (Å²) in [5.41, 5.74) is 2.33. The maximum absolute atomic E-state index is 12.6. The zero-order valence-electron chi connectivity index (χ0n) is 14.6. The molecule has 1 aliphatic heterocycles. The van der Waals surface area contributed by atoms with Crippen molar-refractivity contribution in [2.75, 3.05) is 20.3 Å². The number of H-pyrrole nitrogens is 1. The second kappa shape index (κ2) is 7.61. The van der Waals surface area contributed by atoms with Gasteiger partial charge in [-0.1, -0.05) is 30.3 Å². The van der Waals surface area contributed by atoms with E-state index >= 15 is 0 Å². The molecule has 1 aromatic carbocycles. The number of nitrogens with zero attached hydrogens (tertiary/aromatic N) is 2. The minimum absolute atomic E-state index is 0.0474. The predicted octanol–water partition coefficient (Wildman–Crippen LogP) is 1.98. The Morgan fingerprint density at radius 1 is 1.36 bits per heavy atom. The van der Waals surface area contributed by atoms with Gasteiger partial charge in [0.2, 0.25) is 5.91 Å². The van der Waals surface area contributed by atoms with Crippen molar-refractivity contribution in [3.8, 4) is 0 Å². The zero-order valence-corrected chi connectivity index (χ0v) is 14.6. The molecule has 6 heteroatoms. The lowest BCUT2D eigenvalue weighted by Gasteiger charge is -2.24. The number of ether oxygens (including phenoxy) is 1. The molecule has 132 valence electrons. The molecule has 0 radical (unpaired) electrons. The average molecular weight is 341 g/mol. The fraction of sp³-hybridized carbons (Fsp3) is 0.421. The smallest absolute Gasteiger partial charge is 0.254 e. The third-order valence-corrected chi connectivity index (χ3v) is 4.62. The minimum Gasteiger partial charge on any atom is -0.375 e. The van der Waals surface area contributed by atoms with Crippen molar-refractivity contribution in [2.24, 2.45) is 0 Å². The van der Waals surface area contributed by atoms with Crippen molar-refractivity contribution in [3.63, 3.8) is 0 Å². The summed E-state index contributed by atoms with van der Waals surface area (Å²) in [7, 11) is 1.51. The van der Waals surface area contributed by atoms with E-state index in [1.807, 2.05) is 37.3 Å². The third-order valence-electron chi connectivity index (χ3n) is 4.62. The number of likely N-dealkylation sites (tertiary alicyclic amines) is 1. The molecule has 1 amide bonds. The number of benzene rings is 1. The van der Waals surface area contributed by atoms with E-state index in [9.17, 15) is 9.59 Å². The fourth-order valence-electron chi connectivity index (χ4n) is 3.35. The molecule has 2 aromatic rings. The molecule has 1 aromatic heterocycles. The maximum atomic E-state index is 12.6. The summed E-state index contributed by atoms with van der Waals surface area (Å²) in [6.45, 7) is 2.57. The van der Waals surface area contributed by atoms with Gasteiger partial charge in [0.25, 0.3) is 5.56 Å². The Labute approximate surface area is 146 Å². The second-order valence-electron chi connectivity index (χ2n) is 6.36. The second-order valence-corrected chi connectivity index (χ2v) is 6.36. The lowest BCUT2D eigenvalue weighted by atomic mass is 10.0. The van der Waals surface area contributed by atoms with Gasteiger partial charge < -0.3 is 14.6 Å². The van der Waals surface area contributed by atoms with Crippen LogP contribution in [0.2, 0.25) is 0 Å². The molecule has 3 rings (SSSR count). The molecule has 0 spiro atoms. The summed E-state index contributed by atoms with van der Waals surface area (Å²) in [4.78, 5) is 34.1. The molecule has 0 saturated carbocycles. The molecule has 25 heavy (non-hydrogen) atoms. The van der Waals surface area contributed by atoms with Crippen LogP contribution in [0.4, 0.5) is 0 Å². The summed E-state index contributed by atoms with van der Waals surface area (Å²) in [5.74, 6) is 0.500. The number of nitrogens with one attached hydrogen (secondary N) is 1. The number of aromatic amines is 1. The van der Waals surface area contributed by atoms with Gasteiger partial charge in [-0.05, 0) is 25.3 Å². The van der Waals surface area contributed by atoms with Gasteiger partial charge in [0, 0.05) is 31.3 Å². The first kappa shape index (κ1) is 17.4. The van der Waals surface area contributed by atoms with Gasteiger partial charge in [0.05, 0.1) is 6.04 Å². The Bertz CT molecular complexity index is 801. The van der Waals surface area contributed by atoms with E-state index in [-0.39, 0.29) is 24.1 Å².